The van der Waals surface area contributed by atoms with Gasteiger partial charge in [0, 0.05) is 19.6 Å². The first-order valence-corrected chi connectivity index (χ1v) is 7.56. The first-order valence-electron chi connectivity index (χ1n) is 7.56. The van der Waals surface area contributed by atoms with Crippen LogP contribution in [-0.4, -0.2) is 19.6 Å². The van der Waals surface area contributed by atoms with Crippen LogP contribution in [0.4, 0.5) is 0 Å². The average Bonchev–Trinajstić information content (AvgIpc) is 2.81. The molecule has 0 radical (unpaired) electrons. The molecule has 20 heavy (non-hydrogen) atoms. The van der Waals surface area contributed by atoms with Crippen LogP contribution in [0.2, 0.25) is 0 Å². The Morgan fingerprint density at radius 2 is 2.20 bits per heavy atom. The van der Waals surface area contributed by atoms with Gasteiger partial charge in [-0.3, -0.25) is 4.79 Å². The number of nitrogens with one attached hydrogen (secondary N) is 1. The Labute approximate surface area is 119 Å². The van der Waals surface area contributed by atoms with Crippen molar-refractivity contribution in [3.63, 3.8) is 0 Å². The minimum atomic E-state index is -0.0718. The fraction of sp³-hybridized carbons (Fsp3) is 0.688. The Balaban J connectivity index is 1.62. The van der Waals surface area contributed by atoms with E-state index in [2.05, 4.69) is 5.32 Å². The molecule has 0 saturated heterocycles. The summed E-state index contributed by atoms with van der Waals surface area (Å²) in [5.41, 5.74) is 0. The molecule has 0 spiro atoms. The third-order valence-electron chi connectivity index (χ3n) is 4.74. The van der Waals surface area contributed by atoms with Gasteiger partial charge in [0.2, 0.25) is 5.91 Å². The number of aryl methyl sites for hydroxylation is 1. The van der Waals surface area contributed by atoms with Crippen LogP contribution in [0, 0.1) is 24.7 Å². The fourth-order valence-electron chi connectivity index (χ4n) is 3.64. The van der Waals surface area contributed by atoms with Gasteiger partial charge < -0.3 is 14.5 Å². The molecular formula is C16H23NO3. The second kappa shape index (κ2) is 5.60. The number of fused-ring (bicyclic) bond motifs is 1. The number of amides is 1. The monoisotopic (exact) mass is 277 g/mol. The van der Waals surface area contributed by atoms with Crippen LogP contribution in [0.1, 0.15) is 43.2 Å². The van der Waals surface area contributed by atoms with Gasteiger partial charge in [-0.25, -0.2) is 0 Å². The van der Waals surface area contributed by atoms with Gasteiger partial charge in [0.25, 0.3) is 0 Å². The van der Waals surface area contributed by atoms with E-state index in [4.69, 9.17) is 9.15 Å². The maximum Gasteiger partial charge on any atom is 0.224 e. The van der Waals surface area contributed by atoms with Gasteiger partial charge in [-0.1, -0.05) is 6.42 Å². The summed E-state index contributed by atoms with van der Waals surface area (Å²) in [6.07, 6.45) is 4.50. The van der Waals surface area contributed by atoms with E-state index in [1.165, 1.54) is 19.3 Å². The molecule has 2 aliphatic rings. The predicted octanol–water partition coefficient (Wildman–Crippen LogP) is 2.83. The second-order valence-electron chi connectivity index (χ2n) is 6.08. The van der Waals surface area contributed by atoms with Crippen molar-refractivity contribution in [3.05, 3.63) is 23.7 Å². The highest BCUT2D eigenvalue weighted by atomic mass is 16.5. The summed E-state index contributed by atoms with van der Waals surface area (Å²) in [5.74, 6) is 3.46. The molecule has 4 atom stereocenters. The number of methoxy groups -OCH3 is 1. The van der Waals surface area contributed by atoms with Crippen molar-refractivity contribution in [2.75, 3.05) is 13.7 Å². The normalized spacial score (nSPS) is 29.0. The molecule has 2 fully saturated rings. The van der Waals surface area contributed by atoms with Crippen molar-refractivity contribution < 1.29 is 13.9 Å². The highest BCUT2D eigenvalue weighted by molar-refractivity contribution is 5.82. The molecule has 110 valence electrons. The largest absolute Gasteiger partial charge is 0.464 e. The molecule has 1 aromatic heterocycles. The Morgan fingerprint density at radius 1 is 1.45 bits per heavy atom. The summed E-state index contributed by atoms with van der Waals surface area (Å²) < 4.78 is 10.8. The number of hydrogen-bond donors (Lipinski definition) is 1. The molecule has 2 saturated carbocycles. The number of rotatable bonds is 6. The SMILES string of the molecule is COCC[C@H](NC(=O)C1[C@H]2CCC[C@@H]12)c1ccc(C)o1. The van der Waals surface area contributed by atoms with Crippen molar-refractivity contribution in [3.8, 4) is 0 Å². The number of carbonyl (C=O) groups is 1. The van der Waals surface area contributed by atoms with E-state index in [0.717, 1.165) is 17.9 Å². The second-order valence-corrected chi connectivity index (χ2v) is 6.08. The van der Waals surface area contributed by atoms with Crippen molar-refractivity contribution in [2.24, 2.45) is 17.8 Å². The molecule has 4 heteroatoms. The molecule has 1 heterocycles. The van der Waals surface area contributed by atoms with Crippen molar-refractivity contribution in [2.45, 2.75) is 38.6 Å². The maximum absolute atomic E-state index is 12.4. The van der Waals surface area contributed by atoms with Crippen LogP contribution in [0.15, 0.2) is 16.5 Å². The Morgan fingerprint density at radius 3 is 2.80 bits per heavy atom. The summed E-state index contributed by atoms with van der Waals surface area (Å²) in [4.78, 5) is 12.4. The first kappa shape index (κ1) is 13.7. The standard InChI is InChI=1S/C16H23NO3/c1-10-6-7-14(20-10)13(8-9-19-2)17-16(18)15-11-4-3-5-12(11)15/h6-7,11-13,15H,3-5,8-9H2,1-2H3,(H,17,18)/t11-,12+,13-,15?/m0/s1. The summed E-state index contributed by atoms with van der Waals surface area (Å²) >= 11 is 0. The molecule has 4 nitrogen and oxygen atoms in total. The summed E-state index contributed by atoms with van der Waals surface area (Å²) in [7, 11) is 1.68. The van der Waals surface area contributed by atoms with E-state index in [9.17, 15) is 4.79 Å². The van der Waals surface area contributed by atoms with E-state index in [1.54, 1.807) is 7.11 Å². The van der Waals surface area contributed by atoms with E-state index in [0.29, 0.717) is 18.4 Å². The van der Waals surface area contributed by atoms with E-state index in [1.807, 2.05) is 19.1 Å². The topological polar surface area (TPSA) is 51.5 Å². The average molecular weight is 277 g/mol. The third kappa shape index (κ3) is 2.62. The smallest absolute Gasteiger partial charge is 0.224 e. The van der Waals surface area contributed by atoms with Gasteiger partial charge in [-0.05, 0) is 50.2 Å². The summed E-state index contributed by atoms with van der Waals surface area (Å²) in [6.45, 7) is 2.53. The summed E-state index contributed by atoms with van der Waals surface area (Å²) in [5, 5.41) is 3.16. The molecule has 1 unspecified atom stereocenters. The lowest BCUT2D eigenvalue weighted by atomic mass is 10.1. The van der Waals surface area contributed by atoms with Crippen molar-refractivity contribution in [1.82, 2.24) is 5.32 Å². The quantitative estimate of drug-likeness (QED) is 0.870. The number of ether oxygens (including phenoxy) is 1. The maximum atomic E-state index is 12.4. The van der Waals surface area contributed by atoms with Crippen LogP contribution in [0.3, 0.4) is 0 Å². The van der Waals surface area contributed by atoms with Crippen LogP contribution in [0.5, 0.6) is 0 Å². The minimum absolute atomic E-state index is 0.0718. The Hall–Kier alpha value is -1.29. The highest BCUT2D eigenvalue weighted by Crippen LogP contribution is 2.57. The molecule has 0 aromatic carbocycles. The van der Waals surface area contributed by atoms with E-state index >= 15 is 0 Å². The number of hydrogen-bond acceptors (Lipinski definition) is 3. The number of furan rings is 1. The minimum Gasteiger partial charge on any atom is -0.464 e. The highest BCUT2D eigenvalue weighted by Gasteiger charge is 2.56. The zero-order valence-corrected chi connectivity index (χ0v) is 12.2. The van der Waals surface area contributed by atoms with Crippen LogP contribution >= 0.6 is 0 Å². The van der Waals surface area contributed by atoms with Crippen LogP contribution in [-0.2, 0) is 9.53 Å². The lowest BCUT2D eigenvalue weighted by Gasteiger charge is -2.17. The van der Waals surface area contributed by atoms with Gasteiger partial charge in [-0.15, -0.1) is 0 Å². The third-order valence-corrected chi connectivity index (χ3v) is 4.74. The molecule has 1 amide bonds. The van der Waals surface area contributed by atoms with Gasteiger partial charge in [-0.2, -0.15) is 0 Å². The number of carbonyl (C=O) groups excluding carboxylic acids is 1. The Bertz CT molecular complexity index is 472. The fourth-order valence-corrected chi connectivity index (χ4v) is 3.64. The summed E-state index contributed by atoms with van der Waals surface area (Å²) in [6, 6.07) is 3.81. The lowest BCUT2D eigenvalue weighted by molar-refractivity contribution is -0.124. The molecule has 3 rings (SSSR count). The van der Waals surface area contributed by atoms with E-state index in [-0.39, 0.29) is 17.9 Å². The molecule has 0 aliphatic heterocycles. The van der Waals surface area contributed by atoms with Crippen molar-refractivity contribution >= 4 is 5.91 Å². The molecule has 1 aromatic rings. The molecular weight excluding hydrogens is 254 g/mol. The van der Waals surface area contributed by atoms with Gasteiger partial charge in [0.05, 0.1) is 6.04 Å². The molecule has 1 N–H and O–H groups in total. The molecule has 0 bridgehead atoms. The van der Waals surface area contributed by atoms with Crippen molar-refractivity contribution in [1.29, 1.82) is 0 Å². The van der Waals surface area contributed by atoms with Gasteiger partial charge in [0.1, 0.15) is 11.5 Å². The first-order chi connectivity index (χ1) is 9.70. The Kier molecular flexibility index (Phi) is 3.83. The van der Waals surface area contributed by atoms with Gasteiger partial charge >= 0.3 is 0 Å². The predicted molar refractivity (Wildman–Crippen MR) is 75.1 cm³/mol. The molecule has 2 aliphatic carbocycles. The van der Waals surface area contributed by atoms with Crippen LogP contribution < -0.4 is 5.32 Å². The lowest BCUT2D eigenvalue weighted by Crippen LogP contribution is -2.31. The van der Waals surface area contributed by atoms with E-state index < -0.39 is 0 Å². The zero-order valence-electron chi connectivity index (χ0n) is 12.2. The van der Waals surface area contributed by atoms with Gasteiger partial charge in [0.15, 0.2) is 0 Å². The van der Waals surface area contributed by atoms with Crippen LogP contribution in [0.25, 0.3) is 0 Å². The zero-order chi connectivity index (χ0) is 14.1.